The third-order valence-electron chi connectivity index (χ3n) is 3.57. The van der Waals surface area contributed by atoms with Crippen LogP contribution in [0.1, 0.15) is 37.3 Å². The molecule has 0 atom stereocenters. The summed E-state index contributed by atoms with van der Waals surface area (Å²) >= 11 is 1.85. The second kappa shape index (κ2) is 13.8. The number of hydrogen-bond donors (Lipinski definition) is 0. The van der Waals surface area contributed by atoms with Gasteiger partial charge in [-0.3, -0.25) is 0 Å². The molecular weight excluding hydrogens is 334 g/mol. The number of unbranched alkanes of at least 4 members (excludes halogenated alkanes) is 2. The summed E-state index contributed by atoms with van der Waals surface area (Å²) in [7, 11) is 1.52. The first-order chi connectivity index (χ1) is 12.2. The average Bonchev–Trinajstić information content (AvgIpc) is 2.59. The lowest BCUT2D eigenvalue weighted by Gasteiger charge is -2.14. The fraction of sp³-hybridized carbons (Fsp3) is 0.550. The normalized spacial score (nSPS) is 11.5. The Morgan fingerprint density at radius 3 is 2.48 bits per heavy atom. The van der Waals surface area contributed by atoms with Crippen molar-refractivity contribution in [3.05, 3.63) is 35.4 Å². The molecule has 1 aromatic rings. The molecule has 0 aliphatic heterocycles. The molecule has 1 rings (SSSR count). The predicted octanol–water partition coefficient (Wildman–Crippen LogP) is 5.17. The molecule has 0 spiro atoms. The molecule has 0 aliphatic rings. The quantitative estimate of drug-likeness (QED) is 0.159. The number of hydrogen-bond acceptors (Lipinski definition) is 5. The van der Waals surface area contributed by atoms with E-state index in [-0.39, 0.29) is 0 Å². The Balaban J connectivity index is 2.25. The van der Waals surface area contributed by atoms with Gasteiger partial charge in [-0.25, -0.2) is 0 Å². The molecule has 25 heavy (non-hydrogen) atoms. The van der Waals surface area contributed by atoms with Gasteiger partial charge in [-0.1, -0.05) is 17.3 Å². The monoisotopic (exact) mass is 365 g/mol. The van der Waals surface area contributed by atoms with Crippen LogP contribution in [0.3, 0.4) is 0 Å². The Morgan fingerprint density at radius 1 is 1.08 bits per heavy atom. The highest BCUT2D eigenvalue weighted by Gasteiger charge is 2.06. The van der Waals surface area contributed by atoms with Gasteiger partial charge in [-0.2, -0.15) is 0 Å². The van der Waals surface area contributed by atoms with Gasteiger partial charge in [0.15, 0.2) is 0 Å². The van der Waals surface area contributed by atoms with Gasteiger partial charge in [0, 0.05) is 17.3 Å². The van der Waals surface area contributed by atoms with Crippen LogP contribution in [0.15, 0.2) is 34.3 Å². The van der Waals surface area contributed by atoms with Crippen molar-refractivity contribution in [3.63, 3.8) is 0 Å². The van der Waals surface area contributed by atoms with E-state index in [0.29, 0.717) is 6.61 Å². The summed E-state index contributed by atoms with van der Waals surface area (Å²) in [5, 5.41) is 3.62. The minimum Gasteiger partial charge on any atom is -0.493 e. The van der Waals surface area contributed by atoms with Crippen LogP contribution < -0.4 is 4.74 Å². The molecule has 0 aliphatic carbocycles. The second-order valence-electron chi connectivity index (χ2n) is 5.72. The van der Waals surface area contributed by atoms with E-state index >= 15 is 0 Å². The van der Waals surface area contributed by atoms with Crippen LogP contribution in [0.25, 0.3) is 0 Å². The van der Waals surface area contributed by atoms with E-state index in [2.05, 4.69) is 55.0 Å². The van der Waals surface area contributed by atoms with Gasteiger partial charge in [-0.15, -0.1) is 11.8 Å². The summed E-state index contributed by atoms with van der Waals surface area (Å²) in [6.45, 7) is 8.29. The van der Waals surface area contributed by atoms with Gasteiger partial charge < -0.3 is 14.3 Å². The largest absolute Gasteiger partial charge is 0.493 e. The molecule has 140 valence electrons. The molecule has 0 aromatic heterocycles. The standard InChI is InChI=1S/C20H31NO3S/c1-5-6-14-25-19-15-17(2)20(18(3)16-19)24-12-9-7-8-11-23-13-10-21-22-4/h5-6,10,15-16H,7-9,11-14H2,1-4H3/b6-5+,21-10+. The average molecular weight is 366 g/mol. The molecule has 0 N–H and O–H groups in total. The first-order valence-corrected chi connectivity index (χ1v) is 9.78. The number of benzene rings is 1. The van der Waals surface area contributed by atoms with E-state index in [1.807, 2.05) is 11.8 Å². The van der Waals surface area contributed by atoms with Crippen molar-refractivity contribution in [3.8, 4) is 5.75 Å². The highest BCUT2D eigenvalue weighted by atomic mass is 32.2. The predicted molar refractivity (Wildman–Crippen MR) is 107 cm³/mol. The van der Waals surface area contributed by atoms with Crippen molar-refractivity contribution in [1.82, 2.24) is 0 Å². The lowest BCUT2D eigenvalue weighted by molar-refractivity contribution is 0.160. The van der Waals surface area contributed by atoms with E-state index in [0.717, 1.165) is 44.0 Å². The van der Waals surface area contributed by atoms with Crippen LogP contribution in [-0.4, -0.2) is 38.9 Å². The lowest BCUT2D eigenvalue weighted by Crippen LogP contribution is -2.03. The van der Waals surface area contributed by atoms with Gasteiger partial charge in [0.25, 0.3) is 0 Å². The van der Waals surface area contributed by atoms with E-state index in [1.54, 1.807) is 6.21 Å². The summed E-state index contributed by atoms with van der Waals surface area (Å²) in [5.41, 5.74) is 2.42. The molecule has 0 heterocycles. The molecule has 0 bridgehead atoms. The van der Waals surface area contributed by atoms with Crippen LogP contribution in [0.5, 0.6) is 5.75 Å². The molecule has 0 saturated carbocycles. The topological polar surface area (TPSA) is 40.0 Å². The highest BCUT2D eigenvalue weighted by Crippen LogP contribution is 2.30. The Labute approximate surface area is 156 Å². The van der Waals surface area contributed by atoms with Crippen molar-refractivity contribution in [1.29, 1.82) is 0 Å². The molecular formula is C20H31NO3S. The Bertz CT molecular complexity index is 521. The number of allylic oxidation sites excluding steroid dienone is 1. The smallest absolute Gasteiger partial charge is 0.125 e. The lowest BCUT2D eigenvalue weighted by atomic mass is 10.1. The first kappa shape index (κ1) is 21.6. The Kier molecular flexibility index (Phi) is 11.9. The summed E-state index contributed by atoms with van der Waals surface area (Å²) in [6.07, 6.45) is 9.04. The fourth-order valence-electron chi connectivity index (χ4n) is 2.36. The van der Waals surface area contributed by atoms with E-state index < -0.39 is 0 Å². The number of oxime groups is 1. The number of rotatable bonds is 13. The molecule has 0 saturated heterocycles. The summed E-state index contributed by atoms with van der Waals surface area (Å²) in [6, 6.07) is 4.43. The zero-order valence-corrected chi connectivity index (χ0v) is 16.7. The third kappa shape index (κ3) is 9.56. The van der Waals surface area contributed by atoms with Gasteiger partial charge >= 0.3 is 0 Å². The van der Waals surface area contributed by atoms with Gasteiger partial charge in [-0.05, 0) is 63.3 Å². The molecule has 0 unspecified atom stereocenters. The van der Waals surface area contributed by atoms with Crippen LogP contribution in [0.2, 0.25) is 0 Å². The van der Waals surface area contributed by atoms with Crippen molar-refractivity contribution in [2.24, 2.45) is 5.16 Å². The minimum absolute atomic E-state index is 0.501. The fourth-order valence-corrected chi connectivity index (χ4v) is 3.36. The molecule has 4 nitrogen and oxygen atoms in total. The molecule has 5 heteroatoms. The zero-order valence-electron chi connectivity index (χ0n) is 15.9. The van der Waals surface area contributed by atoms with Gasteiger partial charge in [0.1, 0.15) is 12.9 Å². The minimum atomic E-state index is 0.501. The van der Waals surface area contributed by atoms with Crippen LogP contribution in [-0.2, 0) is 9.57 Å². The molecule has 0 radical (unpaired) electrons. The van der Waals surface area contributed by atoms with Gasteiger partial charge in [0.2, 0.25) is 0 Å². The van der Waals surface area contributed by atoms with Crippen molar-refractivity contribution < 1.29 is 14.3 Å². The molecule has 0 fully saturated rings. The highest BCUT2D eigenvalue weighted by molar-refractivity contribution is 7.99. The Morgan fingerprint density at radius 2 is 1.80 bits per heavy atom. The van der Waals surface area contributed by atoms with Crippen LogP contribution >= 0.6 is 11.8 Å². The third-order valence-corrected chi connectivity index (χ3v) is 4.50. The van der Waals surface area contributed by atoms with Crippen molar-refractivity contribution in [2.45, 2.75) is 44.9 Å². The van der Waals surface area contributed by atoms with Crippen LogP contribution in [0, 0.1) is 13.8 Å². The number of ether oxygens (including phenoxy) is 2. The van der Waals surface area contributed by atoms with E-state index in [1.165, 1.54) is 23.1 Å². The summed E-state index contributed by atoms with van der Waals surface area (Å²) in [4.78, 5) is 5.86. The van der Waals surface area contributed by atoms with Crippen molar-refractivity contribution >= 4 is 18.0 Å². The number of nitrogens with zero attached hydrogens (tertiary/aromatic N) is 1. The zero-order chi connectivity index (χ0) is 18.3. The van der Waals surface area contributed by atoms with Gasteiger partial charge in [0.05, 0.1) is 19.4 Å². The molecule has 0 amide bonds. The number of aryl methyl sites for hydroxylation is 2. The second-order valence-corrected chi connectivity index (χ2v) is 6.81. The van der Waals surface area contributed by atoms with Crippen molar-refractivity contribution in [2.75, 3.05) is 32.7 Å². The Hall–Kier alpha value is -1.46. The first-order valence-electron chi connectivity index (χ1n) is 8.79. The maximum Gasteiger partial charge on any atom is 0.125 e. The summed E-state index contributed by atoms with van der Waals surface area (Å²) in [5.74, 6) is 2.04. The summed E-state index contributed by atoms with van der Waals surface area (Å²) < 4.78 is 11.4. The molecule has 1 aromatic carbocycles. The number of thioether (sulfide) groups is 1. The maximum absolute atomic E-state index is 6.01. The maximum atomic E-state index is 6.01. The SMILES string of the molecule is C/C=C/CSc1cc(C)c(OCCCCCOC/C=N/OC)c(C)c1. The van der Waals surface area contributed by atoms with E-state index in [9.17, 15) is 0 Å². The van der Waals surface area contributed by atoms with E-state index in [4.69, 9.17) is 9.47 Å². The van der Waals surface area contributed by atoms with Crippen LogP contribution in [0.4, 0.5) is 0 Å².